The maximum atomic E-state index is 14.0. The summed E-state index contributed by atoms with van der Waals surface area (Å²) in [7, 11) is 0. The number of fused-ring (bicyclic) bond motifs is 2. The van der Waals surface area contributed by atoms with Gasteiger partial charge in [0.25, 0.3) is 0 Å². The Kier molecular flexibility index (Phi) is 6.22. The molecule has 0 aliphatic carbocycles. The maximum Gasteiger partial charge on any atom is 0.127 e. The van der Waals surface area contributed by atoms with Crippen LogP contribution in [0.15, 0.2) is 104 Å². The molecular weight excluding hydrogens is 515 g/mol. The number of aromatic hydroxyl groups is 1. The Bertz CT molecular complexity index is 1990. The van der Waals surface area contributed by atoms with Crippen molar-refractivity contribution in [3.8, 4) is 39.5 Å². The van der Waals surface area contributed by atoms with Crippen LogP contribution in [0.3, 0.4) is 0 Å². The molecule has 0 saturated heterocycles. The SMILES string of the molecule is Oc1cc(F)cc(-c2nccc3[nH]c(-c4n[nH]c5ccc(-c6cncc(CNCc7ccccc7)c6)cc45)cc23)c1. The fraction of sp³-hybridized carbons (Fsp3) is 0.0606. The lowest BCUT2D eigenvalue weighted by Crippen LogP contribution is -2.12. The molecule has 4 heterocycles. The highest BCUT2D eigenvalue weighted by molar-refractivity contribution is 6.00. The van der Waals surface area contributed by atoms with Crippen LogP contribution < -0.4 is 5.32 Å². The summed E-state index contributed by atoms with van der Waals surface area (Å²) in [4.78, 5) is 12.4. The average Bonchev–Trinajstić information content (AvgIpc) is 3.61. The number of phenols is 1. The fourth-order valence-electron chi connectivity index (χ4n) is 5.21. The average molecular weight is 541 g/mol. The number of halogens is 1. The van der Waals surface area contributed by atoms with Gasteiger partial charge in [0.15, 0.2) is 0 Å². The Morgan fingerprint density at radius 1 is 0.732 bits per heavy atom. The number of rotatable bonds is 7. The molecule has 0 unspecified atom stereocenters. The van der Waals surface area contributed by atoms with Crippen LogP contribution in [-0.2, 0) is 13.1 Å². The first-order chi connectivity index (χ1) is 20.1. The van der Waals surface area contributed by atoms with Crippen molar-refractivity contribution in [2.75, 3.05) is 0 Å². The van der Waals surface area contributed by atoms with E-state index in [1.807, 2.05) is 48.8 Å². The van der Waals surface area contributed by atoms with Crippen molar-refractivity contribution in [2.45, 2.75) is 13.1 Å². The Morgan fingerprint density at radius 2 is 1.59 bits per heavy atom. The number of benzene rings is 3. The summed E-state index contributed by atoms with van der Waals surface area (Å²) in [5, 5.41) is 22.9. The number of H-pyrrole nitrogens is 2. The second-order valence-electron chi connectivity index (χ2n) is 10.0. The molecule has 7 rings (SSSR count). The Hall–Kier alpha value is -5.34. The minimum atomic E-state index is -0.522. The van der Waals surface area contributed by atoms with Gasteiger partial charge in [0.05, 0.1) is 16.9 Å². The van der Waals surface area contributed by atoms with E-state index in [-0.39, 0.29) is 5.75 Å². The number of hydrogen-bond donors (Lipinski definition) is 4. The van der Waals surface area contributed by atoms with Crippen molar-refractivity contribution in [2.24, 2.45) is 0 Å². The smallest absolute Gasteiger partial charge is 0.127 e. The van der Waals surface area contributed by atoms with Crippen molar-refractivity contribution < 1.29 is 9.50 Å². The van der Waals surface area contributed by atoms with Gasteiger partial charge in [-0.2, -0.15) is 5.10 Å². The number of nitrogens with zero attached hydrogens (tertiary/aromatic N) is 3. The Labute approximate surface area is 234 Å². The lowest BCUT2D eigenvalue weighted by atomic mass is 10.0. The molecule has 3 aromatic carbocycles. The Morgan fingerprint density at radius 3 is 2.46 bits per heavy atom. The van der Waals surface area contributed by atoms with Crippen molar-refractivity contribution in [1.29, 1.82) is 0 Å². The van der Waals surface area contributed by atoms with Crippen LogP contribution in [0.5, 0.6) is 5.75 Å². The monoisotopic (exact) mass is 540 g/mol. The van der Waals surface area contributed by atoms with Crippen molar-refractivity contribution in [3.05, 3.63) is 120 Å². The fourth-order valence-corrected chi connectivity index (χ4v) is 5.21. The molecule has 0 atom stereocenters. The van der Waals surface area contributed by atoms with Gasteiger partial charge in [0, 0.05) is 65.2 Å². The zero-order valence-corrected chi connectivity index (χ0v) is 21.9. The van der Waals surface area contributed by atoms with E-state index in [1.165, 1.54) is 17.7 Å². The minimum absolute atomic E-state index is 0.147. The van der Waals surface area contributed by atoms with Crippen molar-refractivity contribution in [3.63, 3.8) is 0 Å². The van der Waals surface area contributed by atoms with Gasteiger partial charge < -0.3 is 15.4 Å². The second kappa shape index (κ2) is 10.3. The number of pyridine rings is 2. The van der Waals surface area contributed by atoms with Gasteiger partial charge in [-0.1, -0.05) is 36.4 Å². The maximum absolute atomic E-state index is 14.0. The molecule has 0 aliphatic heterocycles. The number of nitrogens with one attached hydrogen (secondary N) is 3. The summed E-state index contributed by atoms with van der Waals surface area (Å²) in [6, 6.07) is 26.4. The van der Waals surface area contributed by atoms with E-state index >= 15 is 0 Å². The highest BCUT2D eigenvalue weighted by atomic mass is 19.1. The van der Waals surface area contributed by atoms with Gasteiger partial charge in [-0.15, -0.1) is 0 Å². The summed E-state index contributed by atoms with van der Waals surface area (Å²) in [6.07, 6.45) is 5.42. The summed E-state index contributed by atoms with van der Waals surface area (Å²) in [6.45, 7) is 1.50. The van der Waals surface area contributed by atoms with Crippen LogP contribution in [0.1, 0.15) is 11.1 Å². The molecule has 0 amide bonds. The first-order valence-corrected chi connectivity index (χ1v) is 13.3. The first-order valence-electron chi connectivity index (χ1n) is 13.3. The van der Waals surface area contributed by atoms with E-state index in [9.17, 15) is 9.50 Å². The van der Waals surface area contributed by atoms with Crippen LogP contribution in [-0.4, -0.2) is 30.3 Å². The summed E-state index contributed by atoms with van der Waals surface area (Å²) in [5.41, 5.74) is 8.77. The minimum Gasteiger partial charge on any atom is -0.508 e. The van der Waals surface area contributed by atoms with E-state index in [4.69, 9.17) is 0 Å². The van der Waals surface area contributed by atoms with E-state index in [2.05, 4.69) is 60.8 Å². The molecule has 4 aromatic heterocycles. The number of aromatic amines is 2. The highest BCUT2D eigenvalue weighted by Crippen LogP contribution is 2.35. The van der Waals surface area contributed by atoms with Gasteiger partial charge in [0.2, 0.25) is 0 Å². The van der Waals surface area contributed by atoms with Gasteiger partial charge in [0.1, 0.15) is 17.3 Å². The van der Waals surface area contributed by atoms with E-state index < -0.39 is 5.82 Å². The number of hydrogen-bond acceptors (Lipinski definition) is 5. The molecule has 0 saturated carbocycles. The van der Waals surface area contributed by atoms with Crippen molar-refractivity contribution >= 4 is 21.8 Å². The number of aromatic nitrogens is 5. The van der Waals surface area contributed by atoms with Gasteiger partial charge in [-0.25, -0.2) is 4.39 Å². The molecule has 4 N–H and O–H groups in total. The van der Waals surface area contributed by atoms with Gasteiger partial charge in [-0.3, -0.25) is 15.1 Å². The number of phenolic OH excluding ortho intramolecular Hbond substituents is 1. The molecular formula is C33H25FN6O. The lowest BCUT2D eigenvalue weighted by molar-refractivity contribution is 0.469. The zero-order chi connectivity index (χ0) is 27.8. The Balaban J connectivity index is 1.21. The molecule has 41 heavy (non-hydrogen) atoms. The molecule has 7 nitrogen and oxygen atoms in total. The van der Waals surface area contributed by atoms with E-state index in [0.717, 1.165) is 62.5 Å². The lowest BCUT2D eigenvalue weighted by Gasteiger charge is -2.08. The topological polar surface area (TPSA) is 103 Å². The van der Waals surface area contributed by atoms with Crippen LogP contribution in [0.2, 0.25) is 0 Å². The van der Waals surface area contributed by atoms with Crippen molar-refractivity contribution in [1.82, 2.24) is 30.5 Å². The standard InChI is InChI=1S/C33H25FN6O/c34-25-11-23(12-26(41)14-25)32-28-15-31(38-29(28)8-9-37-32)33-27-13-22(6-7-30(27)39-40-33)24-10-21(18-36-19-24)17-35-16-20-4-2-1-3-5-20/h1-15,18-19,35,38,41H,16-17H2,(H,39,40). The van der Waals surface area contributed by atoms with Crippen LogP contribution >= 0.6 is 0 Å². The van der Waals surface area contributed by atoms with Crippen LogP contribution in [0.4, 0.5) is 4.39 Å². The van der Waals surface area contributed by atoms with Crippen LogP contribution in [0, 0.1) is 5.82 Å². The molecule has 7 aromatic rings. The third-order valence-corrected chi connectivity index (χ3v) is 7.15. The molecule has 0 fully saturated rings. The molecule has 8 heteroatoms. The summed E-state index contributed by atoms with van der Waals surface area (Å²) >= 11 is 0. The zero-order valence-electron chi connectivity index (χ0n) is 21.9. The third kappa shape index (κ3) is 4.92. The largest absolute Gasteiger partial charge is 0.508 e. The quantitative estimate of drug-likeness (QED) is 0.175. The molecule has 0 radical (unpaired) electrons. The predicted molar refractivity (Wildman–Crippen MR) is 158 cm³/mol. The highest BCUT2D eigenvalue weighted by Gasteiger charge is 2.16. The normalized spacial score (nSPS) is 11.4. The van der Waals surface area contributed by atoms with Gasteiger partial charge in [-0.05, 0) is 59.2 Å². The van der Waals surface area contributed by atoms with E-state index in [0.29, 0.717) is 17.8 Å². The molecule has 200 valence electrons. The van der Waals surface area contributed by atoms with Gasteiger partial charge >= 0.3 is 0 Å². The second-order valence-corrected chi connectivity index (χ2v) is 10.0. The molecule has 0 spiro atoms. The van der Waals surface area contributed by atoms with Crippen LogP contribution in [0.25, 0.3) is 55.6 Å². The summed E-state index contributed by atoms with van der Waals surface area (Å²) < 4.78 is 14.0. The first kappa shape index (κ1) is 24.7. The summed E-state index contributed by atoms with van der Waals surface area (Å²) in [5.74, 6) is -0.670. The molecule has 0 aliphatic rings. The third-order valence-electron chi connectivity index (χ3n) is 7.15. The molecule has 0 bridgehead atoms. The predicted octanol–water partition coefficient (Wildman–Crippen LogP) is 6.97. The van der Waals surface area contributed by atoms with E-state index in [1.54, 1.807) is 6.20 Å².